The number of hydrogen-bond donors (Lipinski definition) is 1. The summed E-state index contributed by atoms with van der Waals surface area (Å²) >= 11 is 6.23. The van der Waals surface area contributed by atoms with E-state index in [0.29, 0.717) is 6.04 Å². The molecule has 3 rings (SSSR count). The van der Waals surface area contributed by atoms with Crippen molar-refractivity contribution in [3.8, 4) is 0 Å². The molecule has 0 aliphatic carbocycles. The normalized spacial score (nSPS) is 18.3. The SMILES string of the molecule is Cc1ccc(C(c2cccc(Cl)c2)N2CCC(N)CC2)cc1. The molecule has 1 unspecified atom stereocenters. The van der Waals surface area contributed by atoms with Crippen molar-refractivity contribution in [1.82, 2.24) is 4.90 Å². The average Bonchev–Trinajstić information content (AvgIpc) is 2.51. The van der Waals surface area contributed by atoms with E-state index in [4.69, 9.17) is 17.3 Å². The summed E-state index contributed by atoms with van der Waals surface area (Å²) in [4.78, 5) is 2.53. The maximum Gasteiger partial charge on any atom is 0.0602 e. The van der Waals surface area contributed by atoms with Crippen LogP contribution in [0.1, 0.15) is 35.6 Å². The number of likely N-dealkylation sites (tertiary alicyclic amines) is 1. The van der Waals surface area contributed by atoms with Crippen LogP contribution in [0.5, 0.6) is 0 Å². The average molecular weight is 315 g/mol. The fourth-order valence-electron chi connectivity index (χ4n) is 3.22. The molecule has 0 saturated carbocycles. The molecule has 1 heterocycles. The lowest BCUT2D eigenvalue weighted by molar-refractivity contribution is 0.175. The predicted molar refractivity (Wildman–Crippen MR) is 93.3 cm³/mol. The number of halogens is 1. The number of piperidine rings is 1. The van der Waals surface area contributed by atoms with Crippen molar-refractivity contribution in [2.24, 2.45) is 5.73 Å². The van der Waals surface area contributed by atoms with E-state index in [2.05, 4.69) is 48.2 Å². The van der Waals surface area contributed by atoms with E-state index in [1.165, 1.54) is 16.7 Å². The van der Waals surface area contributed by atoms with Crippen LogP contribution in [0.2, 0.25) is 5.02 Å². The van der Waals surface area contributed by atoms with Crippen LogP contribution >= 0.6 is 11.6 Å². The maximum absolute atomic E-state index is 6.23. The Labute approximate surface area is 137 Å². The summed E-state index contributed by atoms with van der Waals surface area (Å²) in [5.74, 6) is 0. The van der Waals surface area contributed by atoms with E-state index in [1.807, 2.05) is 12.1 Å². The second-order valence-corrected chi connectivity index (χ2v) is 6.68. The van der Waals surface area contributed by atoms with Crippen LogP contribution in [0.4, 0.5) is 0 Å². The van der Waals surface area contributed by atoms with E-state index in [9.17, 15) is 0 Å². The fraction of sp³-hybridized carbons (Fsp3) is 0.368. The number of benzene rings is 2. The summed E-state index contributed by atoms with van der Waals surface area (Å²) in [7, 11) is 0. The van der Waals surface area contributed by atoms with Gasteiger partial charge in [-0.25, -0.2) is 0 Å². The van der Waals surface area contributed by atoms with E-state index in [-0.39, 0.29) is 6.04 Å². The van der Waals surface area contributed by atoms with Gasteiger partial charge in [0.2, 0.25) is 0 Å². The second kappa shape index (κ2) is 6.82. The van der Waals surface area contributed by atoms with Gasteiger partial charge in [-0.3, -0.25) is 4.90 Å². The maximum atomic E-state index is 6.23. The summed E-state index contributed by atoms with van der Waals surface area (Å²) in [5, 5.41) is 0.795. The van der Waals surface area contributed by atoms with Crippen LogP contribution in [-0.4, -0.2) is 24.0 Å². The smallest absolute Gasteiger partial charge is 0.0602 e. The second-order valence-electron chi connectivity index (χ2n) is 6.24. The zero-order chi connectivity index (χ0) is 15.5. The van der Waals surface area contributed by atoms with Gasteiger partial charge in [0.25, 0.3) is 0 Å². The third-order valence-corrected chi connectivity index (χ3v) is 4.73. The van der Waals surface area contributed by atoms with Crippen molar-refractivity contribution in [2.45, 2.75) is 31.8 Å². The van der Waals surface area contributed by atoms with Gasteiger partial charge in [0.1, 0.15) is 0 Å². The highest BCUT2D eigenvalue weighted by molar-refractivity contribution is 6.30. The molecule has 2 N–H and O–H groups in total. The van der Waals surface area contributed by atoms with Crippen LogP contribution in [0, 0.1) is 6.92 Å². The number of nitrogens with two attached hydrogens (primary N) is 1. The van der Waals surface area contributed by atoms with Crippen LogP contribution in [0.3, 0.4) is 0 Å². The number of hydrogen-bond acceptors (Lipinski definition) is 2. The van der Waals surface area contributed by atoms with Crippen LogP contribution in [0.15, 0.2) is 48.5 Å². The molecule has 2 aromatic carbocycles. The van der Waals surface area contributed by atoms with Gasteiger partial charge in [0.05, 0.1) is 6.04 Å². The van der Waals surface area contributed by atoms with Gasteiger partial charge in [-0.05, 0) is 43.0 Å². The number of nitrogens with zero attached hydrogens (tertiary/aromatic N) is 1. The summed E-state index contributed by atoms with van der Waals surface area (Å²) in [5.41, 5.74) is 9.94. The van der Waals surface area contributed by atoms with E-state index >= 15 is 0 Å². The molecule has 1 atom stereocenters. The largest absolute Gasteiger partial charge is 0.328 e. The monoisotopic (exact) mass is 314 g/mol. The molecule has 1 aliphatic rings. The molecule has 2 nitrogen and oxygen atoms in total. The molecule has 0 radical (unpaired) electrons. The van der Waals surface area contributed by atoms with Gasteiger partial charge in [-0.1, -0.05) is 53.6 Å². The van der Waals surface area contributed by atoms with Gasteiger partial charge < -0.3 is 5.73 Å². The molecule has 116 valence electrons. The zero-order valence-corrected chi connectivity index (χ0v) is 13.8. The van der Waals surface area contributed by atoms with E-state index in [1.54, 1.807) is 0 Å². The molecule has 1 fully saturated rings. The van der Waals surface area contributed by atoms with E-state index < -0.39 is 0 Å². The number of aryl methyl sites for hydroxylation is 1. The lowest BCUT2D eigenvalue weighted by atomic mass is 9.93. The highest BCUT2D eigenvalue weighted by Crippen LogP contribution is 2.32. The van der Waals surface area contributed by atoms with Gasteiger partial charge in [0, 0.05) is 24.2 Å². The molecule has 1 saturated heterocycles. The molecule has 22 heavy (non-hydrogen) atoms. The van der Waals surface area contributed by atoms with Gasteiger partial charge in [0.15, 0.2) is 0 Å². The minimum absolute atomic E-state index is 0.256. The minimum Gasteiger partial charge on any atom is -0.328 e. The zero-order valence-electron chi connectivity index (χ0n) is 13.0. The van der Waals surface area contributed by atoms with Crippen molar-refractivity contribution in [2.75, 3.05) is 13.1 Å². The molecule has 3 heteroatoms. The lowest BCUT2D eigenvalue weighted by Crippen LogP contribution is -2.41. The topological polar surface area (TPSA) is 29.3 Å². The first-order chi connectivity index (χ1) is 10.6. The van der Waals surface area contributed by atoms with Crippen LogP contribution in [-0.2, 0) is 0 Å². The Balaban J connectivity index is 1.96. The molecule has 0 bridgehead atoms. The Morgan fingerprint density at radius 3 is 2.36 bits per heavy atom. The molecule has 1 aliphatic heterocycles. The van der Waals surface area contributed by atoms with Gasteiger partial charge in [-0.2, -0.15) is 0 Å². The van der Waals surface area contributed by atoms with Crippen molar-refractivity contribution in [3.63, 3.8) is 0 Å². The Kier molecular flexibility index (Phi) is 4.82. The quantitative estimate of drug-likeness (QED) is 0.921. The summed E-state index contributed by atoms with van der Waals surface area (Å²) in [6, 6.07) is 17.7. The van der Waals surface area contributed by atoms with E-state index in [0.717, 1.165) is 31.0 Å². The highest BCUT2D eigenvalue weighted by atomic mass is 35.5. The molecule has 0 aromatic heterocycles. The number of rotatable bonds is 3. The third-order valence-electron chi connectivity index (χ3n) is 4.50. The summed E-state index contributed by atoms with van der Waals surface area (Å²) in [6.45, 7) is 4.19. The van der Waals surface area contributed by atoms with Crippen molar-refractivity contribution >= 4 is 11.6 Å². The summed E-state index contributed by atoms with van der Waals surface area (Å²) in [6.07, 6.45) is 2.12. The first-order valence-electron chi connectivity index (χ1n) is 7.95. The Morgan fingerprint density at radius 1 is 1.05 bits per heavy atom. The van der Waals surface area contributed by atoms with Crippen molar-refractivity contribution < 1.29 is 0 Å². The Hall–Kier alpha value is -1.35. The third kappa shape index (κ3) is 3.52. The first-order valence-corrected chi connectivity index (χ1v) is 8.33. The lowest BCUT2D eigenvalue weighted by Gasteiger charge is -2.37. The fourth-order valence-corrected chi connectivity index (χ4v) is 3.42. The molecular weight excluding hydrogens is 292 g/mol. The highest BCUT2D eigenvalue weighted by Gasteiger charge is 2.26. The Bertz CT molecular complexity index is 616. The first kappa shape index (κ1) is 15.5. The molecule has 0 spiro atoms. The van der Waals surface area contributed by atoms with Crippen LogP contribution < -0.4 is 5.73 Å². The van der Waals surface area contributed by atoms with Crippen molar-refractivity contribution in [3.05, 3.63) is 70.2 Å². The predicted octanol–water partition coefficient (Wildman–Crippen LogP) is 4.16. The van der Waals surface area contributed by atoms with Gasteiger partial charge >= 0.3 is 0 Å². The summed E-state index contributed by atoms with van der Waals surface area (Å²) < 4.78 is 0. The Morgan fingerprint density at radius 2 is 1.73 bits per heavy atom. The molecule has 0 amide bonds. The minimum atomic E-state index is 0.256. The van der Waals surface area contributed by atoms with Gasteiger partial charge in [-0.15, -0.1) is 0 Å². The standard InChI is InChI=1S/C19H23ClN2/c1-14-5-7-15(8-6-14)19(16-3-2-4-17(20)13-16)22-11-9-18(21)10-12-22/h2-8,13,18-19H,9-12,21H2,1H3. The van der Waals surface area contributed by atoms with Crippen molar-refractivity contribution in [1.29, 1.82) is 0 Å². The van der Waals surface area contributed by atoms with Crippen LogP contribution in [0.25, 0.3) is 0 Å². The molecular formula is C19H23ClN2. The molecule has 2 aromatic rings.